The molecule has 100 valence electrons. The Morgan fingerprint density at radius 3 is 2.67 bits per heavy atom. The zero-order valence-electron chi connectivity index (χ0n) is 11.0. The summed E-state index contributed by atoms with van der Waals surface area (Å²) in [4.78, 5) is 4.49. The van der Waals surface area contributed by atoms with E-state index in [2.05, 4.69) is 36.3 Å². The lowest BCUT2D eigenvalue weighted by Crippen LogP contribution is -2.23. The van der Waals surface area contributed by atoms with Gasteiger partial charge in [-0.2, -0.15) is 0 Å². The Labute approximate surface area is 126 Å². The minimum atomic E-state index is 0. The van der Waals surface area contributed by atoms with Gasteiger partial charge in [0.15, 0.2) is 5.96 Å². The summed E-state index contributed by atoms with van der Waals surface area (Å²) in [6, 6.07) is 8.62. The number of aryl methyl sites for hydroxylation is 1. The van der Waals surface area contributed by atoms with Gasteiger partial charge in [-0.25, -0.2) is 4.99 Å². The zero-order chi connectivity index (χ0) is 12.3. The first-order valence-corrected chi connectivity index (χ1v) is 6.36. The molecule has 2 atom stereocenters. The number of rotatable bonds is 4. The predicted octanol–water partition coefficient (Wildman–Crippen LogP) is 3.53. The van der Waals surface area contributed by atoms with Crippen molar-refractivity contribution in [1.82, 2.24) is 0 Å². The number of hydrogen-bond donors (Lipinski definition) is 2. The van der Waals surface area contributed by atoms with E-state index in [9.17, 15) is 0 Å². The van der Waals surface area contributed by atoms with E-state index in [0.29, 0.717) is 12.0 Å². The highest BCUT2D eigenvalue weighted by Crippen LogP contribution is 2.37. The second-order valence-corrected chi connectivity index (χ2v) is 4.86. The minimum absolute atomic E-state index is 0. The van der Waals surface area contributed by atoms with E-state index in [-0.39, 0.29) is 24.0 Å². The fourth-order valence-corrected chi connectivity index (χ4v) is 2.07. The molecule has 2 rings (SSSR count). The molecule has 4 heteroatoms. The van der Waals surface area contributed by atoms with Crippen LogP contribution in [-0.2, 0) is 0 Å². The standard InChI is InChI=1S/C14H21N3.HI/c1-3-4-11-9-13(11)17-14(15)16-12-7-5-10(2)6-8-12;/h5-8,11,13H,3-4,9H2,1-2H3,(H3,15,16,17);1H. The highest BCUT2D eigenvalue weighted by molar-refractivity contribution is 14.0. The molecule has 0 saturated heterocycles. The van der Waals surface area contributed by atoms with Gasteiger partial charge in [-0.1, -0.05) is 31.0 Å². The van der Waals surface area contributed by atoms with E-state index in [4.69, 9.17) is 5.73 Å². The van der Waals surface area contributed by atoms with Crippen LogP contribution >= 0.6 is 24.0 Å². The van der Waals surface area contributed by atoms with E-state index in [1.54, 1.807) is 0 Å². The quantitative estimate of drug-likeness (QED) is 0.491. The molecular formula is C14H22IN3. The van der Waals surface area contributed by atoms with Crippen molar-refractivity contribution in [2.24, 2.45) is 16.6 Å². The minimum Gasteiger partial charge on any atom is -0.370 e. The van der Waals surface area contributed by atoms with Crippen LogP contribution in [-0.4, -0.2) is 12.0 Å². The molecule has 18 heavy (non-hydrogen) atoms. The Kier molecular flexibility index (Phi) is 5.91. The van der Waals surface area contributed by atoms with E-state index in [1.165, 1.54) is 24.8 Å². The summed E-state index contributed by atoms with van der Waals surface area (Å²) in [6.45, 7) is 4.29. The number of hydrogen-bond acceptors (Lipinski definition) is 1. The summed E-state index contributed by atoms with van der Waals surface area (Å²) in [6.07, 6.45) is 3.71. The van der Waals surface area contributed by atoms with E-state index < -0.39 is 0 Å². The van der Waals surface area contributed by atoms with Crippen LogP contribution in [0.15, 0.2) is 29.3 Å². The van der Waals surface area contributed by atoms with E-state index in [0.717, 1.165) is 11.6 Å². The molecule has 0 radical (unpaired) electrons. The highest BCUT2D eigenvalue weighted by atomic mass is 127. The number of halogens is 1. The Morgan fingerprint density at radius 1 is 1.39 bits per heavy atom. The fourth-order valence-electron chi connectivity index (χ4n) is 2.07. The fraction of sp³-hybridized carbons (Fsp3) is 0.500. The number of benzene rings is 1. The van der Waals surface area contributed by atoms with Gasteiger partial charge in [-0.05, 0) is 37.8 Å². The third kappa shape index (κ3) is 4.48. The molecule has 0 amide bonds. The summed E-state index contributed by atoms with van der Waals surface area (Å²) >= 11 is 0. The number of guanidine groups is 1. The number of nitrogens with one attached hydrogen (secondary N) is 1. The summed E-state index contributed by atoms with van der Waals surface area (Å²) in [5, 5.41) is 3.13. The molecule has 3 nitrogen and oxygen atoms in total. The summed E-state index contributed by atoms with van der Waals surface area (Å²) < 4.78 is 0. The summed E-state index contributed by atoms with van der Waals surface area (Å²) in [5.41, 5.74) is 8.13. The maximum atomic E-state index is 5.88. The smallest absolute Gasteiger partial charge is 0.193 e. The Balaban J connectivity index is 0.00000162. The van der Waals surface area contributed by atoms with Crippen LogP contribution in [0.25, 0.3) is 0 Å². The van der Waals surface area contributed by atoms with Crippen molar-refractivity contribution in [2.45, 2.75) is 39.2 Å². The van der Waals surface area contributed by atoms with Crippen molar-refractivity contribution in [3.05, 3.63) is 29.8 Å². The Hall–Kier alpha value is -0.780. The molecule has 1 aliphatic carbocycles. The Morgan fingerprint density at radius 2 is 2.06 bits per heavy atom. The van der Waals surface area contributed by atoms with Crippen molar-refractivity contribution in [3.63, 3.8) is 0 Å². The molecule has 1 saturated carbocycles. The maximum absolute atomic E-state index is 5.88. The number of nitrogens with two attached hydrogens (primary N) is 1. The van der Waals surface area contributed by atoms with Gasteiger partial charge >= 0.3 is 0 Å². The number of anilines is 1. The molecule has 2 unspecified atom stereocenters. The van der Waals surface area contributed by atoms with Gasteiger partial charge in [0.2, 0.25) is 0 Å². The number of nitrogens with zero attached hydrogens (tertiary/aromatic N) is 1. The van der Waals surface area contributed by atoms with Crippen molar-refractivity contribution >= 4 is 35.6 Å². The molecule has 0 bridgehead atoms. The Bertz CT molecular complexity index is 400. The predicted molar refractivity (Wildman–Crippen MR) is 88.6 cm³/mol. The molecule has 3 N–H and O–H groups in total. The highest BCUT2D eigenvalue weighted by Gasteiger charge is 2.35. The van der Waals surface area contributed by atoms with Gasteiger partial charge in [0.05, 0.1) is 6.04 Å². The largest absolute Gasteiger partial charge is 0.370 e. The molecule has 1 aromatic carbocycles. The van der Waals surface area contributed by atoms with Crippen LogP contribution in [0, 0.1) is 12.8 Å². The van der Waals surface area contributed by atoms with Gasteiger partial charge in [0.1, 0.15) is 0 Å². The molecule has 1 aliphatic rings. The first kappa shape index (κ1) is 15.3. The number of aliphatic imine (C=N–C) groups is 1. The first-order chi connectivity index (χ1) is 8.19. The van der Waals surface area contributed by atoms with Crippen molar-refractivity contribution in [2.75, 3.05) is 5.32 Å². The molecule has 0 spiro atoms. The van der Waals surface area contributed by atoms with Crippen LogP contribution in [0.4, 0.5) is 5.69 Å². The van der Waals surface area contributed by atoms with Gasteiger partial charge in [0.25, 0.3) is 0 Å². The van der Waals surface area contributed by atoms with Crippen LogP contribution < -0.4 is 11.1 Å². The average Bonchev–Trinajstić information content (AvgIpc) is 3.00. The molecule has 0 heterocycles. The van der Waals surface area contributed by atoms with Gasteiger partial charge < -0.3 is 11.1 Å². The lowest BCUT2D eigenvalue weighted by atomic mass is 10.2. The van der Waals surface area contributed by atoms with Crippen LogP contribution in [0.5, 0.6) is 0 Å². The normalized spacial score (nSPS) is 22.2. The lowest BCUT2D eigenvalue weighted by Gasteiger charge is -2.05. The topological polar surface area (TPSA) is 50.4 Å². The monoisotopic (exact) mass is 359 g/mol. The summed E-state index contributed by atoms with van der Waals surface area (Å²) in [7, 11) is 0. The van der Waals surface area contributed by atoms with Gasteiger partial charge in [0, 0.05) is 5.69 Å². The zero-order valence-corrected chi connectivity index (χ0v) is 13.3. The van der Waals surface area contributed by atoms with Gasteiger partial charge in [-0.15, -0.1) is 24.0 Å². The van der Waals surface area contributed by atoms with E-state index >= 15 is 0 Å². The second-order valence-electron chi connectivity index (χ2n) is 4.86. The molecule has 1 aromatic rings. The second kappa shape index (κ2) is 6.97. The van der Waals surface area contributed by atoms with Crippen LogP contribution in [0.2, 0.25) is 0 Å². The van der Waals surface area contributed by atoms with Gasteiger partial charge in [-0.3, -0.25) is 0 Å². The van der Waals surface area contributed by atoms with Crippen molar-refractivity contribution < 1.29 is 0 Å². The van der Waals surface area contributed by atoms with E-state index in [1.807, 2.05) is 12.1 Å². The van der Waals surface area contributed by atoms with Crippen molar-refractivity contribution in [3.8, 4) is 0 Å². The average molecular weight is 359 g/mol. The van der Waals surface area contributed by atoms with Crippen LogP contribution in [0.1, 0.15) is 31.7 Å². The SMILES string of the molecule is CCCC1CC1N=C(N)Nc1ccc(C)cc1.I. The lowest BCUT2D eigenvalue weighted by molar-refractivity contribution is 0.683. The molecule has 1 fully saturated rings. The first-order valence-electron chi connectivity index (χ1n) is 6.36. The third-order valence-corrected chi connectivity index (χ3v) is 3.17. The third-order valence-electron chi connectivity index (χ3n) is 3.17. The van der Waals surface area contributed by atoms with Crippen molar-refractivity contribution in [1.29, 1.82) is 0 Å². The summed E-state index contributed by atoms with van der Waals surface area (Å²) in [5.74, 6) is 1.30. The molecule has 0 aromatic heterocycles. The maximum Gasteiger partial charge on any atom is 0.193 e. The molecule has 0 aliphatic heterocycles. The van der Waals surface area contributed by atoms with Crippen LogP contribution in [0.3, 0.4) is 0 Å². The molecular weight excluding hydrogens is 337 g/mol.